The summed E-state index contributed by atoms with van der Waals surface area (Å²) in [6.45, 7) is 2.12. The van der Waals surface area contributed by atoms with E-state index >= 15 is 0 Å². The van der Waals surface area contributed by atoms with Gasteiger partial charge in [0.1, 0.15) is 0 Å². The summed E-state index contributed by atoms with van der Waals surface area (Å²) in [4.78, 5) is 2.39. The van der Waals surface area contributed by atoms with E-state index in [9.17, 15) is 0 Å². The lowest BCUT2D eigenvalue weighted by molar-refractivity contribution is 0.685. The molecule has 46 heavy (non-hydrogen) atoms. The van der Waals surface area contributed by atoms with Gasteiger partial charge in [-0.2, -0.15) is 0 Å². The fourth-order valence-electron chi connectivity index (χ4n) is 6.37. The summed E-state index contributed by atoms with van der Waals surface area (Å²) in [7, 11) is 0. The lowest BCUT2D eigenvalue weighted by Gasteiger charge is -2.27. The molecule has 0 atom stereocenters. The van der Waals surface area contributed by atoms with Crippen LogP contribution in [-0.2, 0) is 12.8 Å². The number of aryl methyl sites for hydroxylation is 3. The Balaban J connectivity index is 1.23. The van der Waals surface area contributed by atoms with Crippen molar-refractivity contribution < 1.29 is 0 Å². The zero-order valence-corrected chi connectivity index (χ0v) is 26.4. The summed E-state index contributed by atoms with van der Waals surface area (Å²) in [5.74, 6) is 0. The molecule has 1 aliphatic rings. The molecule has 224 valence electrons. The average molecular weight is 594 g/mol. The number of anilines is 3. The zero-order chi connectivity index (χ0) is 31.1. The van der Waals surface area contributed by atoms with E-state index in [-0.39, 0.29) is 0 Å². The quantitative estimate of drug-likeness (QED) is 0.159. The van der Waals surface area contributed by atoms with Crippen LogP contribution in [0.1, 0.15) is 57.3 Å². The van der Waals surface area contributed by atoms with E-state index in [0.29, 0.717) is 0 Å². The second-order valence-electron chi connectivity index (χ2n) is 12.2. The standard InChI is InChI=1S/C45H39N/c1-34-16-18-35(19-17-34)20-21-36-22-27-42(28-23-36)46(44-31-26-38-10-8-9-15-41(38)33-44)43-29-24-37(25-30-43)32-45(39-11-4-2-5-12-39)40-13-6-3-7-14-40/h2-7,11-14,16-33H,8-10,15H2,1H3. The normalized spacial score (nSPS) is 12.5. The second-order valence-corrected chi connectivity index (χ2v) is 12.2. The molecule has 0 amide bonds. The third-order valence-corrected chi connectivity index (χ3v) is 8.92. The van der Waals surface area contributed by atoms with Gasteiger partial charge in [0, 0.05) is 17.1 Å². The van der Waals surface area contributed by atoms with Gasteiger partial charge in [-0.25, -0.2) is 0 Å². The Morgan fingerprint density at radius 3 is 1.52 bits per heavy atom. The van der Waals surface area contributed by atoms with Crippen LogP contribution in [0.25, 0.3) is 23.8 Å². The number of fused-ring (bicyclic) bond motifs is 1. The van der Waals surface area contributed by atoms with Crippen LogP contribution >= 0.6 is 0 Å². The van der Waals surface area contributed by atoms with Gasteiger partial charge in [-0.15, -0.1) is 0 Å². The minimum absolute atomic E-state index is 1.15. The average Bonchev–Trinajstić information content (AvgIpc) is 3.12. The molecule has 0 bridgehead atoms. The van der Waals surface area contributed by atoms with Gasteiger partial charge >= 0.3 is 0 Å². The van der Waals surface area contributed by atoms with Crippen molar-refractivity contribution in [1.82, 2.24) is 0 Å². The SMILES string of the molecule is Cc1ccc(C=Cc2ccc(N(c3ccc(C=C(c4ccccc4)c4ccccc4)cc3)c3ccc4c(c3)CCCC4)cc2)cc1. The Labute approximate surface area is 273 Å². The summed E-state index contributed by atoms with van der Waals surface area (Å²) in [5.41, 5.74) is 15.0. The van der Waals surface area contributed by atoms with E-state index in [1.807, 2.05) is 0 Å². The first-order valence-electron chi connectivity index (χ1n) is 16.4. The van der Waals surface area contributed by atoms with Crippen molar-refractivity contribution in [3.63, 3.8) is 0 Å². The molecule has 0 spiro atoms. The molecular formula is C45H39N. The van der Waals surface area contributed by atoms with Crippen LogP contribution in [-0.4, -0.2) is 0 Å². The van der Waals surface area contributed by atoms with Gasteiger partial charge in [-0.3, -0.25) is 0 Å². The number of rotatable bonds is 8. The van der Waals surface area contributed by atoms with Gasteiger partial charge in [0.05, 0.1) is 0 Å². The minimum atomic E-state index is 1.15. The number of nitrogens with zero attached hydrogens (tertiary/aromatic N) is 1. The Hall–Kier alpha value is -5.40. The monoisotopic (exact) mass is 593 g/mol. The Morgan fingerprint density at radius 2 is 0.957 bits per heavy atom. The second kappa shape index (κ2) is 13.7. The van der Waals surface area contributed by atoms with Gasteiger partial charge in [0.15, 0.2) is 0 Å². The van der Waals surface area contributed by atoms with Crippen molar-refractivity contribution in [3.8, 4) is 0 Å². The molecule has 0 aliphatic heterocycles. The van der Waals surface area contributed by atoms with Crippen molar-refractivity contribution in [3.05, 3.63) is 196 Å². The van der Waals surface area contributed by atoms with Crippen LogP contribution in [0.5, 0.6) is 0 Å². The molecule has 6 aromatic rings. The molecule has 0 aromatic heterocycles. The van der Waals surface area contributed by atoms with Crippen molar-refractivity contribution in [2.75, 3.05) is 4.90 Å². The number of hydrogen-bond acceptors (Lipinski definition) is 1. The summed E-state index contributed by atoms with van der Waals surface area (Å²) in [6, 6.07) is 54.9. The third-order valence-electron chi connectivity index (χ3n) is 8.92. The number of benzene rings is 6. The molecule has 0 saturated carbocycles. The highest BCUT2D eigenvalue weighted by atomic mass is 15.1. The molecule has 7 rings (SSSR count). The Bertz CT molecular complexity index is 1910. The van der Waals surface area contributed by atoms with Crippen LogP contribution in [0.2, 0.25) is 0 Å². The maximum absolute atomic E-state index is 2.41. The maximum Gasteiger partial charge on any atom is 0.0464 e. The third kappa shape index (κ3) is 6.80. The van der Waals surface area contributed by atoms with Gasteiger partial charge in [-0.1, -0.05) is 133 Å². The predicted molar refractivity (Wildman–Crippen MR) is 198 cm³/mol. The fraction of sp³-hybridized carbons (Fsp3) is 0.111. The minimum Gasteiger partial charge on any atom is -0.310 e. The van der Waals surface area contributed by atoms with E-state index in [1.165, 1.54) is 75.0 Å². The first-order chi connectivity index (χ1) is 22.7. The van der Waals surface area contributed by atoms with Gasteiger partial charge in [0.25, 0.3) is 0 Å². The van der Waals surface area contributed by atoms with Crippen LogP contribution in [0.3, 0.4) is 0 Å². The molecule has 0 heterocycles. The number of hydrogen-bond donors (Lipinski definition) is 0. The smallest absolute Gasteiger partial charge is 0.0464 e. The first-order valence-corrected chi connectivity index (χ1v) is 16.4. The van der Waals surface area contributed by atoms with Crippen molar-refractivity contribution in [1.29, 1.82) is 0 Å². The van der Waals surface area contributed by atoms with Gasteiger partial charge in [-0.05, 0) is 120 Å². The summed E-state index contributed by atoms with van der Waals surface area (Å²) in [5, 5.41) is 0. The molecule has 6 aromatic carbocycles. The van der Waals surface area contributed by atoms with Crippen LogP contribution in [0, 0.1) is 6.92 Å². The van der Waals surface area contributed by atoms with E-state index < -0.39 is 0 Å². The van der Waals surface area contributed by atoms with E-state index in [0.717, 1.165) is 17.8 Å². The largest absolute Gasteiger partial charge is 0.310 e. The van der Waals surface area contributed by atoms with Crippen LogP contribution in [0.15, 0.2) is 152 Å². The van der Waals surface area contributed by atoms with Gasteiger partial charge < -0.3 is 4.90 Å². The Kier molecular flexibility index (Phi) is 8.74. The summed E-state index contributed by atoms with van der Waals surface area (Å²) in [6.07, 6.45) is 11.6. The highest BCUT2D eigenvalue weighted by Crippen LogP contribution is 2.37. The maximum atomic E-state index is 2.41. The lowest BCUT2D eigenvalue weighted by Crippen LogP contribution is -2.12. The topological polar surface area (TPSA) is 3.24 Å². The highest BCUT2D eigenvalue weighted by molar-refractivity contribution is 5.91. The lowest BCUT2D eigenvalue weighted by atomic mass is 9.91. The first kappa shape index (κ1) is 29.3. The van der Waals surface area contributed by atoms with E-state index in [1.54, 1.807) is 0 Å². The van der Waals surface area contributed by atoms with Crippen molar-refractivity contribution in [2.24, 2.45) is 0 Å². The van der Waals surface area contributed by atoms with E-state index in [2.05, 4.69) is 182 Å². The predicted octanol–water partition coefficient (Wildman–Crippen LogP) is 12.1. The Morgan fingerprint density at radius 1 is 0.478 bits per heavy atom. The zero-order valence-electron chi connectivity index (χ0n) is 26.4. The van der Waals surface area contributed by atoms with Crippen molar-refractivity contribution in [2.45, 2.75) is 32.6 Å². The van der Waals surface area contributed by atoms with E-state index in [4.69, 9.17) is 0 Å². The molecule has 0 fully saturated rings. The molecule has 1 heteroatoms. The summed E-state index contributed by atoms with van der Waals surface area (Å²) >= 11 is 0. The fourth-order valence-corrected chi connectivity index (χ4v) is 6.37. The molecule has 0 N–H and O–H groups in total. The molecule has 1 nitrogen and oxygen atoms in total. The molecule has 1 aliphatic carbocycles. The molecule has 0 unspecified atom stereocenters. The van der Waals surface area contributed by atoms with Crippen molar-refractivity contribution >= 4 is 40.9 Å². The highest BCUT2D eigenvalue weighted by Gasteiger charge is 2.16. The van der Waals surface area contributed by atoms with Crippen LogP contribution < -0.4 is 4.90 Å². The van der Waals surface area contributed by atoms with Gasteiger partial charge in [0.2, 0.25) is 0 Å². The summed E-state index contributed by atoms with van der Waals surface area (Å²) < 4.78 is 0. The molecule has 0 radical (unpaired) electrons. The molecule has 0 saturated heterocycles. The van der Waals surface area contributed by atoms with Crippen LogP contribution in [0.4, 0.5) is 17.1 Å². The molecular weight excluding hydrogens is 555 g/mol.